The second-order valence-electron chi connectivity index (χ2n) is 6.76. The fraction of sp³-hybridized carbons (Fsp3) is 0.474. The first kappa shape index (κ1) is 18.3. The maximum absolute atomic E-state index is 6.19. The van der Waals surface area contributed by atoms with Crippen LogP contribution in [0.5, 0.6) is 5.75 Å². The van der Waals surface area contributed by atoms with Crippen molar-refractivity contribution in [1.29, 1.82) is 0 Å². The van der Waals surface area contributed by atoms with Gasteiger partial charge in [0.25, 0.3) is 0 Å². The van der Waals surface area contributed by atoms with Crippen LogP contribution in [0.2, 0.25) is 5.02 Å². The van der Waals surface area contributed by atoms with Crippen LogP contribution in [0, 0.1) is 6.92 Å². The highest BCUT2D eigenvalue weighted by Crippen LogP contribution is 2.34. The number of hydrogen-bond donors (Lipinski definition) is 1. The van der Waals surface area contributed by atoms with Crippen LogP contribution in [0.3, 0.4) is 0 Å². The molecular weight excluding hydrogens is 368 g/mol. The molecule has 2 saturated heterocycles. The van der Waals surface area contributed by atoms with Gasteiger partial charge in [0.1, 0.15) is 11.6 Å². The van der Waals surface area contributed by atoms with Crippen molar-refractivity contribution in [2.45, 2.75) is 25.6 Å². The number of nitrogens with one attached hydrogen (secondary N) is 1. The summed E-state index contributed by atoms with van der Waals surface area (Å²) in [5.74, 6) is 1.66. The molecule has 144 valence electrons. The molecule has 0 radical (unpaired) electrons. The molecule has 8 heteroatoms. The van der Waals surface area contributed by atoms with Crippen molar-refractivity contribution in [3.63, 3.8) is 0 Å². The first-order chi connectivity index (χ1) is 13.1. The number of ether oxygens (including phenoxy) is 3. The van der Waals surface area contributed by atoms with Crippen LogP contribution in [0.15, 0.2) is 24.4 Å². The molecule has 0 bridgehead atoms. The molecule has 2 aliphatic heterocycles. The Kier molecular flexibility index (Phi) is 5.08. The summed E-state index contributed by atoms with van der Waals surface area (Å²) in [6.45, 7) is 4.91. The largest absolute Gasteiger partial charge is 0.495 e. The number of piperidine rings is 1. The molecule has 0 aliphatic carbocycles. The summed E-state index contributed by atoms with van der Waals surface area (Å²) in [6, 6.07) is 5.58. The molecule has 3 heterocycles. The Morgan fingerprint density at radius 1 is 1.22 bits per heavy atom. The molecule has 0 atom stereocenters. The van der Waals surface area contributed by atoms with Gasteiger partial charge in [0.15, 0.2) is 5.79 Å². The molecule has 2 aromatic rings. The van der Waals surface area contributed by atoms with Gasteiger partial charge in [0.05, 0.1) is 26.0 Å². The second-order valence-corrected chi connectivity index (χ2v) is 7.17. The fourth-order valence-corrected chi connectivity index (χ4v) is 3.62. The minimum atomic E-state index is -0.402. The van der Waals surface area contributed by atoms with E-state index in [-0.39, 0.29) is 0 Å². The van der Waals surface area contributed by atoms with Crippen molar-refractivity contribution in [2.24, 2.45) is 0 Å². The molecule has 0 unspecified atom stereocenters. The molecule has 1 aromatic heterocycles. The first-order valence-electron chi connectivity index (χ1n) is 9.06. The van der Waals surface area contributed by atoms with Crippen molar-refractivity contribution in [3.8, 4) is 5.75 Å². The number of aryl methyl sites for hydroxylation is 1. The highest BCUT2D eigenvalue weighted by atomic mass is 35.5. The third kappa shape index (κ3) is 3.81. The molecule has 2 aliphatic rings. The van der Waals surface area contributed by atoms with E-state index in [1.54, 1.807) is 19.4 Å². The van der Waals surface area contributed by atoms with E-state index >= 15 is 0 Å². The van der Waals surface area contributed by atoms with E-state index in [1.807, 2.05) is 19.1 Å². The zero-order chi connectivity index (χ0) is 18.9. The fourth-order valence-electron chi connectivity index (χ4n) is 3.47. The molecule has 1 N–H and O–H groups in total. The van der Waals surface area contributed by atoms with E-state index in [1.165, 1.54) is 0 Å². The maximum Gasteiger partial charge on any atom is 0.227 e. The van der Waals surface area contributed by atoms with Gasteiger partial charge in [-0.25, -0.2) is 4.98 Å². The third-order valence-corrected chi connectivity index (χ3v) is 5.42. The average Bonchev–Trinajstić information content (AvgIpc) is 3.13. The summed E-state index contributed by atoms with van der Waals surface area (Å²) in [7, 11) is 1.62. The predicted molar refractivity (Wildman–Crippen MR) is 104 cm³/mol. The number of aromatic nitrogens is 2. The monoisotopic (exact) mass is 390 g/mol. The number of halogens is 1. The van der Waals surface area contributed by atoms with Gasteiger partial charge in [0.2, 0.25) is 5.95 Å². The second kappa shape index (κ2) is 7.50. The van der Waals surface area contributed by atoms with Crippen LogP contribution < -0.4 is 15.0 Å². The topological polar surface area (TPSA) is 68.7 Å². The standard InChI is InChI=1S/C19H23ClN4O3/c1-13-11-15(16(25-2)12-14(13)20)22-17-3-6-21-18(23-17)24-7-4-19(5-8-24)26-9-10-27-19/h3,6,11-12H,4-5,7-10H2,1-2H3,(H,21,22,23). The van der Waals surface area contributed by atoms with Gasteiger partial charge in [-0.1, -0.05) is 11.6 Å². The van der Waals surface area contributed by atoms with Gasteiger partial charge in [-0.3, -0.25) is 0 Å². The summed E-state index contributed by atoms with van der Waals surface area (Å²) in [5.41, 5.74) is 1.78. The minimum absolute atomic E-state index is 0.402. The summed E-state index contributed by atoms with van der Waals surface area (Å²) in [4.78, 5) is 11.3. The smallest absolute Gasteiger partial charge is 0.227 e. The van der Waals surface area contributed by atoms with E-state index in [0.717, 1.165) is 37.2 Å². The van der Waals surface area contributed by atoms with Crippen LogP contribution in [-0.2, 0) is 9.47 Å². The molecular formula is C19H23ClN4O3. The van der Waals surface area contributed by atoms with E-state index in [2.05, 4.69) is 20.2 Å². The lowest BCUT2D eigenvalue weighted by Crippen LogP contribution is -2.45. The molecule has 1 spiro atoms. The van der Waals surface area contributed by atoms with Crippen molar-refractivity contribution >= 4 is 29.1 Å². The Bertz CT molecular complexity index is 817. The molecule has 0 amide bonds. The Balaban J connectivity index is 1.49. The molecule has 0 saturated carbocycles. The zero-order valence-corrected chi connectivity index (χ0v) is 16.3. The number of benzene rings is 1. The summed E-state index contributed by atoms with van der Waals surface area (Å²) in [6.07, 6.45) is 3.39. The van der Waals surface area contributed by atoms with Crippen LogP contribution in [0.25, 0.3) is 0 Å². The summed E-state index contributed by atoms with van der Waals surface area (Å²) in [5, 5.41) is 3.97. The molecule has 7 nitrogen and oxygen atoms in total. The number of hydrogen-bond acceptors (Lipinski definition) is 7. The zero-order valence-electron chi connectivity index (χ0n) is 15.5. The highest BCUT2D eigenvalue weighted by molar-refractivity contribution is 6.31. The lowest BCUT2D eigenvalue weighted by Gasteiger charge is -2.37. The lowest BCUT2D eigenvalue weighted by atomic mass is 10.0. The van der Waals surface area contributed by atoms with E-state index in [0.29, 0.717) is 35.8 Å². The predicted octanol–water partition coefficient (Wildman–Crippen LogP) is 3.53. The van der Waals surface area contributed by atoms with Gasteiger partial charge in [-0.05, 0) is 24.6 Å². The van der Waals surface area contributed by atoms with Crippen LogP contribution in [-0.4, -0.2) is 49.2 Å². The minimum Gasteiger partial charge on any atom is -0.495 e. The van der Waals surface area contributed by atoms with Crippen molar-refractivity contribution in [3.05, 3.63) is 35.0 Å². The Labute approximate surface area is 163 Å². The van der Waals surface area contributed by atoms with Gasteiger partial charge >= 0.3 is 0 Å². The Morgan fingerprint density at radius 3 is 2.67 bits per heavy atom. The van der Waals surface area contributed by atoms with E-state index < -0.39 is 5.79 Å². The average molecular weight is 391 g/mol. The SMILES string of the molecule is COc1cc(Cl)c(C)cc1Nc1ccnc(N2CCC3(CC2)OCCO3)n1. The van der Waals surface area contributed by atoms with Gasteiger partial charge in [-0.15, -0.1) is 0 Å². The van der Waals surface area contributed by atoms with E-state index in [9.17, 15) is 0 Å². The van der Waals surface area contributed by atoms with E-state index in [4.69, 9.17) is 25.8 Å². The van der Waals surface area contributed by atoms with Crippen molar-refractivity contribution in [1.82, 2.24) is 9.97 Å². The highest BCUT2D eigenvalue weighted by Gasteiger charge is 2.40. The quantitative estimate of drug-likeness (QED) is 0.856. The number of anilines is 3. The molecule has 1 aromatic carbocycles. The number of methoxy groups -OCH3 is 1. The van der Waals surface area contributed by atoms with Crippen LogP contribution in [0.4, 0.5) is 17.5 Å². The Hall–Kier alpha value is -2.09. The molecule has 27 heavy (non-hydrogen) atoms. The van der Waals surface area contributed by atoms with Crippen molar-refractivity contribution < 1.29 is 14.2 Å². The van der Waals surface area contributed by atoms with Gasteiger partial charge in [0, 0.05) is 43.2 Å². The Morgan fingerprint density at radius 2 is 1.96 bits per heavy atom. The number of rotatable bonds is 4. The van der Waals surface area contributed by atoms with Crippen LogP contribution >= 0.6 is 11.6 Å². The molecule has 2 fully saturated rings. The lowest BCUT2D eigenvalue weighted by molar-refractivity contribution is -0.169. The van der Waals surface area contributed by atoms with Crippen LogP contribution in [0.1, 0.15) is 18.4 Å². The third-order valence-electron chi connectivity index (χ3n) is 5.01. The summed E-state index contributed by atoms with van der Waals surface area (Å²) >= 11 is 6.19. The van der Waals surface area contributed by atoms with Gasteiger partial charge < -0.3 is 24.4 Å². The number of nitrogens with zero attached hydrogens (tertiary/aromatic N) is 3. The first-order valence-corrected chi connectivity index (χ1v) is 9.43. The normalized spacial score (nSPS) is 18.7. The maximum atomic E-state index is 6.19. The summed E-state index contributed by atoms with van der Waals surface area (Å²) < 4.78 is 17.0. The molecule has 4 rings (SSSR count). The van der Waals surface area contributed by atoms with Crippen molar-refractivity contribution in [2.75, 3.05) is 43.6 Å². The van der Waals surface area contributed by atoms with Gasteiger partial charge in [-0.2, -0.15) is 4.98 Å².